The van der Waals surface area contributed by atoms with E-state index in [0.717, 1.165) is 5.56 Å². The van der Waals surface area contributed by atoms with Gasteiger partial charge in [0, 0.05) is 12.1 Å². The topological polar surface area (TPSA) is 48.7 Å². The van der Waals surface area contributed by atoms with Crippen LogP contribution in [0.3, 0.4) is 0 Å². The molecule has 4 nitrogen and oxygen atoms in total. The zero-order valence-electron chi connectivity index (χ0n) is 11.0. The van der Waals surface area contributed by atoms with Crippen molar-refractivity contribution < 1.29 is 13.9 Å². The first kappa shape index (κ1) is 11.8. The highest BCUT2D eigenvalue weighted by Gasteiger charge is 2.26. The van der Waals surface area contributed by atoms with Crippen molar-refractivity contribution >= 4 is 17.0 Å². The van der Waals surface area contributed by atoms with Crippen molar-refractivity contribution in [3.8, 4) is 11.5 Å². The maximum atomic E-state index is 12.0. The summed E-state index contributed by atoms with van der Waals surface area (Å²) in [5, 5.41) is 0.441. The summed E-state index contributed by atoms with van der Waals surface area (Å²) in [6, 6.07) is 3.12. The van der Waals surface area contributed by atoms with E-state index in [1.165, 1.54) is 19.4 Å². The van der Waals surface area contributed by atoms with Crippen molar-refractivity contribution in [1.82, 2.24) is 0 Å². The molecule has 0 N–H and O–H groups in total. The van der Waals surface area contributed by atoms with Gasteiger partial charge >= 0.3 is 0 Å². The predicted molar refractivity (Wildman–Crippen MR) is 72.8 cm³/mol. The van der Waals surface area contributed by atoms with E-state index in [0.29, 0.717) is 22.5 Å². The van der Waals surface area contributed by atoms with Gasteiger partial charge in [0.2, 0.25) is 0 Å². The molecule has 4 heteroatoms. The van der Waals surface area contributed by atoms with Gasteiger partial charge in [0.25, 0.3) is 0 Å². The molecule has 98 valence electrons. The van der Waals surface area contributed by atoms with Crippen LogP contribution in [-0.4, -0.2) is 12.7 Å². The molecule has 2 heterocycles. The number of benzene rings is 1. The fraction of sp³-hybridized carbons (Fsp3) is 0.267. The Hall–Kier alpha value is -2.23. The van der Waals surface area contributed by atoms with Crippen molar-refractivity contribution in [3.05, 3.63) is 40.3 Å². The molecule has 1 aromatic heterocycles. The van der Waals surface area contributed by atoms with Gasteiger partial charge < -0.3 is 13.9 Å². The Morgan fingerprint density at radius 3 is 2.84 bits per heavy atom. The largest absolute Gasteiger partial charge is 0.495 e. The van der Waals surface area contributed by atoms with E-state index in [2.05, 4.69) is 0 Å². The van der Waals surface area contributed by atoms with Crippen molar-refractivity contribution in [2.45, 2.75) is 19.4 Å². The Kier molecular flexibility index (Phi) is 2.42. The Bertz CT molecular complexity index is 738. The average molecular weight is 258 g/mol. The van der Waals surface area contributed by atoms with Crippen molar-refractivity contribution in [2.24, 2.45) is 0 Å². The molecule has 0 bridgehead atoms. The molecule has 0 amide bonds. The standard InChI is InChI=1S/C15H14O4/c1-15(2)6-4-9-11(19-15)8-12-13(14(9)17-3)10(16)5-7-18-12/h4-8H,1-3H3. The van der Waals surface area contributed by atoms with Crippen LogP contribution in [0.15, 0.2) is 33.7 Å². The summed E-state index contributed by atoms with van der Waals surface area (Å²) >= 11 is 0. The van der Waals surface area contributed by atoms with Gasteiger partial charge in [-0.3, -0.25) is 4.79 Å². The monoisotopic (exact) mass is 258 g/mol. The van der Waals surface area contributed by atoms with Gasteiger partial charge in [-0.1, -0.05) is 0 Å². The van der Waals surface area contributed by atoms with Crippen LogP contribution in [0.2, 0.25) is 0 Å². The molecule has 3 rings (SSSR count). The van der Waals surface area contributed by atoms with Crippen molar-refractivity contribution in [1.29, 1.82) is 0 Å². The second-order valence-corrected chi connectivity index (χ2v) is 5.02. The summed E-state index contributed by atoms with van der Waals surface area (Å²) < 4.78 is 16.6. The first-order chi connectivity index (χ1) is 9.02. The summed E-state index contributed by atoms with van der Waals surface area (Å²) in [5.74, 6) is 1.15. The smallest absolute Gasteiger partial charge is 0.196 e. The minimum absolute atomic E-state index is 0.126. The quantitative estimate of drug-likeness (QED) is 0.789. The van der Waals surface area contributed by atoms with Crippen LogP contribution in [0.4, 0.5) is 0 Å². The summed E-state index contributed by atoms with van der Waals surface area (Å²) in [4.78, 5) is 12.0. The maximum absolute atomic E-state index is 12.0. The Morgan fingerprint density at radius 2 is 2.11 bits per heavy atom. The summed E-state index contributed by atoms with van der Waals surface area (Å²) in [5.41, 5.74) is 0.724. The van der Waals surface area contributed by atoms with E-state index in [9.17, 15) is 4.79 Å². The fourth-order valence-electron chi connectivity index (χ4n) is 2.26. The Balaban J connectivity index is 2.41. The molecule has 1 aromatic carbocycles. The van der Waals surface area contributed by atoms with Gasteiger partial charge in [-0.25, -0.2) is 0 Å². The number of methoxy groups -OCH3 is 1. The highest BCUT2D eigenvalue weighted by Crippen LogP contribution is 2.40. The number of rotatable bonds is 1. The molecular formula is C15H14O4. The van der Waals surface area contributed by atoms with Crippen molar-refractivity contribution in [2.75, 3.05) is 7.11 Å². The second kappa shape index (κ2) is 3.88. The Morgan fingerprint density at radius 1 is 1.32 bits per heavy atom. The van der Waals surface area contributed by atoms with Gasteiger partial charge in [-0.2, -0.15) is 0 Å². The predicted octanol–water partition coefficient (Wildman–Crippen LogP) is 2.99. The molecule has 0 fully saturated rings. The number of fused-ring (bicyclic) bond motifs is 2. The van der Waals surface area contributed by atoms with E-state index in [4.69, 9.17) is 13.9 Å². The molecule has 2 aromatic rings. The molecule has 0 spiro atoms. The zero-order valence-corrected chi connectivity index (χ0v) is 11.0. The van der Waals surface area contributed by atoms with Gasteiger partial charge in [0.1, 0.15) is 28.1 Å². The van der Waals surface area contributed by atoms with Gasteiger partial charge in [0.15, 0.2) is 5.43 Å². The third kappa shape index (κ3) is 1.80. The summed E-state index contributed by atoms with van der Waals surface area (Å²) in [6.07, 6.45) is 5.23. The van der Waals surface area contributed by atoms with E-state index >= 15 is 0 Å². The number of ether oxygens (including phenoxy) is 2. The first-order valence-corrected chi connectivity index (χ1v) is 6.02. The lowest BCUT2D eigenvalue weighted by molar-refractivity contribution is 0.158. The summed E-state index contributed by atoms with van der Waals surface area (Å²) in [7, 11) is 1.54. The van der Waals surface area contributed by atoms with Crippen LogP contribution in [-0.2, 0) is 0 Å². The minimum Gasteiger partial charge on any atom is -0.495 e. The molecule has 0 saturated heterocycles. The lowest BCUT2D eigenvalue weighted by Crippen LogP contribution is -2.27. The molecule has 0 unspecified atom stereocenters. The van der Waals surface area contributed by atoms with E-state index in [1.807, 2.05) is 26.0 Å². The SMILES string of the molecule is COc1c2c(cc3occc(=O)c13)OC(C)(C)C=C2. The minimum atomic E-state index is -0.388. The van der Waals surface area contributed by atoms with Crippen LogP contribution < -0.4 is 14.9 Å². The molecule has 19 heavy (non-hydrogen) atoms. The van der Waals surface area contributed by atoms with Gasteiger partial charge in [0.05, 0.1) is 18.9 Å². The number of hydrogen-bond donors (Lipinski definition) is 0. The lowest BCUT2D eigenvalue weighted by atomic mass is 10.00. The maximum Gasteiger partial charge on any atom is 0.196 e. The molecule has 1 aliphatic heterocycles. The van der Waals surface area contributed by atoms with E-state index in [-0.39, 0.29) is 11.0 Å². The molecule has 1 aliphatic rings. The van der Waals surface area contributed by atoms with E-state index in [1.54, 1.807) is 6.07 Å². The van der Waals surface area contributed by atoms with Crippen LogP contribution in [0.1, 0.15) is 19.4 Å². The first-order valence-electron chi connectivity index (χ1n) is 6.02. The second-order valence-electron chi connectivity index (χ2n) is 5.02. The lowest BCUT2D eigenvalue weighted by Gasteiger charge is -2.28. The van der Waals surface area contributed by atoms with E-state index < -0.39 is 0 Å². The third-order valence-corrected chi connectivity index (χ3v) is 3.14. The molecular weight excluding hydrogens is 244 g/mol. The third-order valence-electron chi connectivity index (χ3n) is 3.14. The fourth-order valence-corrected chi connectivity index (χ4v) is 2.26. The number of hydrogen-bond acceptors (Lipinski definition) is 4. The molecule has 0 radical (unpaired) electrons. The van der Waals surface area contributed by atoms with Gasteiger partial charge in [-0.15, -0.1) is 0 Å². The van der Waals surface area contributed by atoms with Gasteiger partial charge in [-0.05, 0) is 26.0 Å². The van der Waals surface area contributed by atoms with Crippen molar-refractivity contribution in [3.63, 3.8) is 0 Å². The highest BCUT2D eigenvalue weighted by atomic mass is 16.5. The molecule has 0 saturated carbocycles. The molecule has 0 aliphatic carbocycles. The van der Waals surface area contributed by atoms with Crippen LogP contribution in [0, 0.1) is 0 Å². The zero-order chi connectivity index (χ0) is 13.6. The Labute approximate surface area is 110 Å². The average Bonchev–Trinajstić information content (AvgIpc) is 2.35. The highest BCUT2D eigenvalue weighted by molar-refractivity contribution is 5.91. The van der Waals surface area contributed by atoms with Crippen LogP contribution >= 0.6 is 0 Å². The normalized spacial score (nSPS) is 15.9. The van der Waals surface area contributed by atoms with Crippen LogP contribution in [0.25, 0.3) is 17.0 Å². The van der Waals surface area contributed by atoms with Crippen LogP contribution in [0.5, 0.6) is 11.5 Å². The molecule has 0 atom stereocenters. The summed E-state index contributed by atoms with van der Waals surface area (Å²) in [6.45, 7) is 3.93.